The minimum atomic E-state index is -0.152. The largest absolute Gasteiger partial charge is 0.352 e. The van der Waals surface area contributed by atoms with E-state index in [1.807, 2.05) is 30.3 Å². The van der Waals surface area contributed by atoms with E-state index < -0.39 is 0 Å². The zero-order valence-electron chi connectivity index (χ0n) is 11.5. The molecule has 0 atom stereocenters. The van der Waals surface area contributed by atoms with Crippen LogP contribution >= 0.6 is 0 Å². The number of hydrogen-bond donors (Lipinski definition) is 1. The fourth-order valence-corrected chi connectivity index (χ4v) is 1.82. The fraction of sp³-hybridized carbons (Fsp3) is 0.286. The SMILES string of the molecule is [N-]=[N+]=NCCCCNC(=O)c1cnn(-c2ccccc2)c1. The van der Waals surface area contributed by atoms with Crippen molar-refractivity contribution < 1.29 is 4.79 Å². The maximum atomic E-state index is 11.9. The molecule has 0 aliphatic heterocycles. The molecule has 21 heavy (non-hydrogen) atoms. The van der Waals surface area contributed by atoms with E-state index >= 15 is 0 Å². The smallest absolute Gasteiger partial charge is 0.254 e. The molecule has 1 N–H and O–H groups in total. The van der Waals surface area contributed by atoms with E-state index in [-0.39, 0.29) is 5.91 Å². The topological polar surface area (TPSA) is 95.7 Å². The van der Waals surface area contributed by atoms with Gasteiger partial charge in [-0.1, -0.05) is 23.3 Å². The standard InChI is InChI=1S/C14H16N6O/c15-19-17-9-5-4-8-16-14(21)12-10-18-20(11-12)13-6-2-1-3-7-13/h1-3,6-7,10-11H,4-5,8-9H2,(H,16,21). The van der Waals surface area contributed by atoms with Gasteiger partial charge in [0.2, 0.25) is 0 Å². The highest BCUT2D eigenvalue weighted by atomic mass is 16.1. The summed E-state index contributed by atoms with van der Waals surface area (Å²) in [5.74, 6) is -0.152. The molecule has 0 aliphatic rings. The number of carbonyl (C=O) groups is 1. The van der Waals surface area contributed by atoms with E-state index in [2.05, 4.69) is 20.4 Å². The third-order valence-corrected chi connectivity index (χ3v) is 2.90. The second-order valence-corrected chi connectivity index (χ2v) is 4.43. The second kappa shape index (κ2) is 7.72. The van der Waals surface area contributed by atoms with Crippen molar-refractivity contribution in [3.63, 3.8) is 0 Å². The lowest BCUT2D eigenvalue weighted by molar-refractivity contribution is 0.0953. The summed E-state index contributed by atoms with van der Waals surface area (Å²) in [6.45, 7) is 1.01. The first-order valence-corrected chi connectivity index (χ1v) is 6.70. The Bertz CT molecular complexity index is 630. The van der Waals surface area contributed by atoms with Crippen LogP contribution in [0.4, 0.5) is 0 Å². The third-order valence-electron chi connectivity index (χ3n) is 2.90. The molecule has 0 saturated carbocycles. The first-order valence-electron chi connectivity index (χ1n) is 6.70. The molecule has 0 bridgehead atoms. The van der Waals surface area contributed by atoms with Crippen LogP contribution in [0.15, 0.2) is 47.8 Å². The summed E-state index contributed by atoms with van der Waals surface area (Å²) in [6.07, 6.45) is 4.78. The Labute approximate surface area is 122 Å². The Morgan fingerprint density at radius 2 is 2.14 bits per heavy atom. The number of carbonyl (C=O) groups excluding carboxylic acids is 1. The van der Waals surface area contributed by atoms with Crippen LogP contribution in [-0.2, 0) is 0 Å². The molecule has 7 nitrogen and oxygen atoms in total. The van der Waals surface area contributed by atoms with E-state index in [1.165, 1.54) is 0 Å². The summed E-state index contributed by atoms with van der Waals surface area (Å²) in [6, 6.07) is 9.60. The maximum Gasteiger partial charge on any atom is 0.254 e. The van der Waals surface area contributed by atoms with Crippen molar-refractivity contribution in [2.24, 2.45) is 5.11 Å². The van der Waals surface area contributed by atoms with E-state index in [1.54, 1.807) is 17.1 Å². The fourth-order valence-electron chi connectivity index (χ4n) is 1.82. The Morgan fingerprint density at radius 3 is 2.90 bits per heavy atom. The van der Waals surface area contributed by atoms with E-state index in [9.17, 15) is 4.79 Å². The number of hydrogen-bond acceptors (Lipinski definition) is 3. The first-order chi connectivity index (χ1) is 10.3. The highest BCUT2D eigenvalue weighted by molar-refractivity contribution is 5.93. The van der Waals surface area contributed by atoms with Gasteiger partial charge in [-0.3, -0.25) is 4.79 Å². The van der Waals surface area contributed by atoms with E-state index in [4.69, 9.17) is 5.53 Å². The van der Waals surface area contributed by atoms with Crippen molar-refractivity contribution in [3.05, 3.63) is 58.7 Å². The molecule has 108 valence electrons. The molecule has 2 aromatic rings. The number of para-hydroxylation sites is 1. The Morgan fingerprint density at radius 1 is 1.33 bits per heavy atom. The molecule has 0 radical (unpaired) electrons. The molecule has 7 heteroatoms. The van der Waals surface area contributed by atoms with Crippen LogP contribution in [0.3, 0.4) is 0 Å². The second-order valence-electron chi connectivity index (χ2n) is 4.43. The number of nitrogens with one attached hydrogen (secondary N) is 1. The van der Waals surface area contributed by atoms with Gasteiger partial charge in [-0.2, -0.15) is 5.10 Å². The van der Waals surface area contributed by atoms with Crippen LogP contribution in [0.25, 0.3) is 16.1 Å². The van der Waals surface area contributed by atoms with E-state index in [0.29, 0.717) is 18.7 Å². The van der Waals surface area contributed by atoms with Crippen LogP contribution in [0.2, 0.25) is 0 Å². The Kier molecular flexibility index (Phi) is 5.37. The molecular formula is C14H16N6O. The Hall–Kier alpha value is -2.79. The van der Waals surface area contributed by atoms with Gasteiger partial charge in [0.25, 0.3) is 5.91 Å². The minimum Gasteiger partial charge on any atom is -0.352 e. The lowest BCUT2D eigenvalue weighted by Gasteiger charge is -2.02. The molecule has 1 amide bonds. The highest BCUT2D eigenvalue weighted by Crippen LogP contribution is 2.07. The normalized spacial score (nSPS) is 9.90. The zero-order chi connectivity index (χ0) is 14.9. The van der Waals surface area contributed by atoms with Gasteiger partial charge in [-0.25, -0.2) is 4.68 Å². The molecular weight excluding hydrogens is 268 g/mol. The van der Waals surface area contributed by atoms with Gasteiger partial charge in [-0.05, 0) is 30.5 Å². The average molecular weight is 284 g/mol. The van der Waals surface area contributed by atoms with E-state index in [0.717, 1.165) is 18.5 Å². The zero-order valence-corrected chi connectivity index (χ0v) is 11.5. The highest BCUT2D eigenvalue weighted by Gasteiger charge is 2.08. The van der Waals surface area contributed by atoms with Crippen molar-refractivity contribution in [1.82, 2.24) is 15.1 Å². The van der Waals surface area contributed by atoms with Crippen molar-refractivity contribution in [2.75, 3.05) is 13.1 Å². The van der Waals surface area contributed by atoms with Gasteiger partial charge >= 0.3 is 0 Å². The average Bonchev–Trinajstić information content (AvgIpc) is 3.01. The predicted octanol–water partition coefficient (Wildman–Crippen LogP) is 2.69. The number of aromatic nitrogens is 2. The van der Waals surface area contributed by atoms with Crippen LogP contribution in [0, 0.1) is 0 Å². The van der Waals surface area contributed by atoms with Crippen molar-refractivity contribution in [1.29, 1.82) is 0 Å². The molecule has 0 unspecified atom stereocenters. The van der Waals surface area contributed by atoms with Crippen molar-refractivity contribution in [3.8, 4) is 5.69 Å². The number of amides is 1. The summed E-state index contributed by atoms with van der Waals surface area (Å²) in [7, 11) is 0. The van der Waals surface area contributed by atoms with Crippen LogP contribution in [0.5, 0.6) is 0 Å². The molecule has 0 aliphatic carbocycles. The summed E-state index contributed by atoms with van der Waals surface area (Å²) >= 11 is 0. The molecule has 0 saturated heterocycles. The lowest BCUT2D eigenvalue weighted by atomic mass is 10.3. The van der Waals surface area contributed by atoms with Crippen LogP contribution in [-0.4, -0.2) is 28.8 Å². The molecule has 0 fully saturated rings. The number of benzene rings is 1. The van der Waals surface area contributed by atoms with Gasteiger partial charge in [0, 0.05) is 24.2 Å². The molecule has 1 aromatic heterocycles. The summed E-state index contributed by atoms with van der Waals surface area (Å²) in [5, 5.41) is 10.4. The molecule has 2 rings (SSSR count). The molecule has 0 spiro atoms. The van der Waals surface area contributed by atoms with Gasteiger partial charge in [0.05, 0.1) is 17.4 Å². The van der Waals surface area contributed by atoms with Crippen molar-refractivity contribution in [2.45, 2.75) is 12.8 Å². The van der Waals surface area contributed by atoms with Crippen molar-refractivity contribution >= 4 is 5.91 Å². The monoisotopic (exact) mass is 284 g/mol. The quantitative estimate of drug-likeness (QED) is 0.366. The number of azide groups is 1. The van der Waals surface area contributed by atoms with Gasteiger partial charge < -0.3 is 5.32 Å². The van der Waals surface area contributed by atoms with Crippen LogP contribution < -0.4 is 5.32 Å². The Balaban J connectivity index is 1.84. The van der Waals surface area contributed by atoms with Crippen LogP contribution in [0.1, 0.15) is 23.2 Å². The third kappa shape index (κ3) is 4.36. The summed E-state index contributed by atoms with van der Waals surface area (Å²) in [5.41, 5.74) is 9.57. The minimum absolute atomic E-state index is 0.152. The molecule has 1 heterocycles. The lowest BCUT2D eigenvalue weighted by Crippen LogP contribution is -2.24. The maximum absolute atomic E-state index is 11.9. The van der Waals surface area contributed by atoms with Gasteiger partial charge in [-0.15, -0.1) is 0 Å². The summed E-state index contributed by atoms with van der Waals surface area (Å²) < 4.78 is 1.66. The van der Waals surface area contributed by atoms with Gasteiger partial charge in [0.15, 0.2) is 0 Å². The number of rotatable bonds is 7. The summed E-state index contributed by atoms with van der Waals surface area (Å²) in [4.78, 5) is 14.6. The predicted molar refractivity (Wildman–Crippen MR) is 79.1 cm³/mol. The molecule has 1 aromatic carbocycles. The first kappa shape index (κ1) is 14.6. The number of nitrogens with zero attached hydrogens (tertiary/aromatic N) is 5. The van der Waals surface area contributed by atoms with Gasteiger partial charge in [0.1, 0.15) is 0 Å². The number of unbranched alkanes of at least 4 members (excludes halogenated alkanes) is 1.